The van der Waals surface area contributed by atoms with Crippen LogP contribution in [0.3, 0.4) is 0 Å². The van der Waals surface area contributed by atoms with Crippen LogP contribution in [0.15, 0.2) is 48.5 Å². The number of carbonyl (C=O) groups is 3. The molecule has 2 aromatic carbocycles. The Morgan fingerprint density at radius 2 is 1.68 bits per heavy atom. The highest BCUT2D eigenvalue weighted by molar-refractivity contribution is 7.98. The zero-order valence-corrected chi connectivity index (χ0v) is 18.1. The molecule has 0 saturated heterocycles. The van der Waals surface area contributed by atoms with Crippen LogP contribution in [0.4, 0.5) is 4.79 Å². The van der Waals surface area contributed by atoms with Crippen molar-refractivity contribution in [2.45, 2.75) is 24.8 Å². The van der Waals surface area contributed by atoms with Gasteiger partial charge in [-0.2, -0.15) is 11.8 Å². The molecule has 1 aliphatic carbocycles. The molecule has 1 atom stereocenters. The maximum Gasteiger partial charge on any atom is 0.407 e. The minimum atomic E-state index is -0.995. The van der Waals surface area contributed by atoms with Crippen molar-refractivity contribution in [3.63, 3.8) is 0 Å². The van der Waals surface area contributed by atoms with Gasteiger partial charge in [0.15, 0.2) is 0 Å². The van der Waals surface area contributed by atoms with Gasteiger partial charge in [0.1, 0.15) is 12.6 Å². The average molecular weight is 443 g/mol. The van der Waals surface area contributed by atoms with E-state index in [0.717, 1.165) is 22.3 Å². The fraction of sp³-hybridized carbons (Fsp3) is 0.348. The van der Waals surface area contributed by atoms with E-state index in [4.69, 9.17) is 9.84 Å². The molecular formula is C23H26N2O5S. The number of amides is 2. The van der Waals surface area contributed by atoms with E-state index in [-0.39, 0.29) is 25.5 Å². The number of rotatable bonds is 10. The van der Waals surface area contributed by atoms with Gasteiger partial charge in [-0.25, -0.2) is 4.79 Å². The molecule has 0 bridgehead atoms. The topological polar surface area (TPSA) is 105 Å². The lowest BCUT2D eigenvalue weighted by molar-refractivity contribution is -0.137. The number of carboxylic acid groups (broad SMARTS) is 1. The van der Waals surface area contributed by atoms with Crippen LogP contribution in [0.1, 0.15) is 29.9 Å². The lowest BCUT2D eigenvalue weighted by atomic mass is 9.98. The molecule has 31 heavy (non-hydrogen) atoms. The van der Waals surface area contributed by atoms with E-state index in [9.17, 15) is 14.4 Å². The molecule has 1 aliphatic rings. The molecule has 2 amide bonds. The second kappa shape index (κ2) is 10.9. The van der Waals surface area contributed by atoms with Crippen LogP contribution in [0, 0.1) is 0 Å². The molecule has 3 N–H and O–H groups in total. The first-order valence-corrected chi connectivity index (χ1v) is 11.5. The molecule has 0 fully saturated rings. The number of thioether (sulfide) groups is 1. The maximum absolute atomic E-state index is 12.5. The summed E-state index contributed by atoms with van der Waals surface area (Å²) < 4.78 is 5.51. The molecule has 0 unspecified atom stereocenters. The van der Waals surface area contributed by atoms with Gasteiger partial charge >= 0.3 is 12.1 Å². The van der Waals surface area contributed by atoms with Gasteiger partial charge in [-0.15, -0.1) is 0 Å². The van der Waals surface area contributed by atoms with Crippen LogP contribution in [0.2, 0.25) is 0 Å². The van der Waals surface area contributed by atoms with Crippen molar-refractivity contribution in [1.29, 1.82) is 0 Å². The molecule has 0 aromatic heterocycles. The van der Waals surface area contributed by atoms with Crippen molar-refractivity contribution in [2.75, 3.05) is 25.2 Å². The molecular weight excluding hydrogens is 416 g/mol. The van der Waals surface area contributed by atoms with E-state index in [0.29, 0.717) is 12.2 Å². The minimum Gasteiger partial charge on any atom is -0.481 e. The number of benzene rings is 2. The van der Waals surface area contributed by atoms with E-state index >= 15 is 0 Å². The third-order valence-electron chi connectivity index (χ3n) is 5.20. The smallest absolute Gasteiger partial charge is 0.407 e. The molecule has 2 aromatic rings. The Labute approximate surface area is 185 Å². The molecule has 0 radical (unpaired) electrons. The first-order chi connectivity index (χ1) is 15.0. The van der Waals surface area contributed by atoms with Crippen molar-refractivity contribution < 1.29 is 24.2 Å². The molecule has 0 aliphatic heterocycles. The fourth-order valence-electron chi connectivity index (χ4n) is 3.70. The number of ether oxygens (including phenoxy) is 1. The van der Waals surface area contributed by atoms with Crippen LogP contribution in [-0.2, 0) is 14.3 Å². The quantitative estimate of drug-likeness (QED) is 0.522. The van der Waals surface area contributed by atoms with Gasteiger partial charge in [0, 0.05) is 12.5 Å². The summed E-state index contributed by atoms with van der Waals surface area (Å²) in [5, 5.41) is 13.9. The molecule has 0 heterocycles. The van der Waals surface area contributed by atoms with Gasteiger partial charge in [-0.05, 0) is 40.7 Å². The highest BCUT2D eigenvalue weighted by Gasteiger charge is 2.29. The Hall–Kier alpha value is -3.00. The maximum atomic E-state index is 12.5. The number of fused-ring (bicyclic) bond motifs is 3. The standard InChI is InChI=1S/C23H26N2O5S/c1-31-13-11-20(22(28)24-12-10-21(26)27)25-23(29)30-14-19-17-8-4-2-6-15(17)16-7-3-5-9-18(16)19/h2-9,19-20H,10-14H2,1H3,(H,24,28)(H,25,29)(H,26,27)/t20-/m1/s1. The molecule has 3 rings (SSSR count). The Bertz CT molecular complexity index is 904. The predicted molar refractivity (Wildman–Crippen MR) is 120 cm³/mol. The van der Waals surface area contributed by atoms with Crippen molar-refractivity contribution in [3.8, 4) is 11.1 Å². The van der Waals surface area contributed by atoms with Crippen molar-refractivity contribution in [1.82, 2.24) is 10.6 Å². The highest BCUT2D eigenvalue weighted by Crippen LogP contribution is 2.44. The molecule has 0 saturated carbocycles. The van der Waals surface area contributed by atoms with Crippen LogP contribution in [0.5, 0.6) is 0 Å². The van der Waals surface area contributed by atoms with E-state index in [2.05, 4.69) is 22.8 Å². The number of carbonyl (C=O) groups excluding carboxylic acids is 2. The normalized spacial score (nSPS) is 13.1. The average Bonchev–Trinajstić information content (AvgIpc) is 3.08. The Morgan fingerprint density at radius 3 is 2.26 bits per heavy atom. The van der Waals surface area contributed by atoms with Gasteiger partial charge in [0.25, 0.3) is 0 Å². The summed E-state index contributed by atoms with van der Waals surface area (Å²) in [4.78, 5) is 35.5. The SMILES string of the molecule is CSCC[C@@H](NC(=O)OCC1c2ccccc2-c2ccccc21)C(=O)NCCC(=O)O. The Morgan fingerprint density at radius 1 is 1.06 bits per heavy atom. The number of hydrogen-bond acceptors (Lipinski definition) is 5. The van der Waals surface area contributed by atoms with E-state index < -0.39 is 24.0 Å². The summed E-state index contributed by atoms with van der Waals surface area (Å²) in [6, 6.07) is 15.3. The zero-order valence-electron chi connectivity index (χ0n) is 17.3. The van der Waals surface area contributed by atoms with E-state index in [1.165, 1.54) is 0 Å². The van der Waals surface area contributed by atoms with Crippen LogP contribution in [0.25, 0.3) is 11.1 Å². The summed E-state index contributed by atoms with van der Waals surface area (Å²) in [6.45, 7) is 0.173. The first-order valence-electron chi connectivity index (χ1n) is 10.1. The van der Waals surface area contributed by atoms with Crippen molar-refractivity contribution >= 4 is 29.7 Å². The fourth-order valence-corrected chi connectivity index (χ4v) is 4.17. The molecule has 7 nitrogen and oxygen atoms in total. The van der Waals surface area contributed by atoms with Crippen LogP contribution < -0.4 is 10.6 Å². The van der Waals surface area contributed by atoms with E-state index in [1.807, 2.05) is 42.7 Å². The summed E-state index contributed by atoms with van der Waals surface area (Å²) in [7, 11) is 0. The predicted octanol–water partition coefficient (Wildman–Crippen LogP) is 3.24. The van der Waals surface area contributed by atoms with Crippen LogP contribution >= 0.6 is 11.8 Å². The van der Waals surface area contributed by atoms with Crippen LogP contribution in [-0.4, -0.2) is 54.3 Å². The third-order valence-corrected chi connectivity index (χ3v) is 5.84. The molecule has 0 spiro atoms. The lowest BCUT2D eigenvalue weighted by Gasteiger charge is -2.19. The van der Waals surface area contributed by atoms with Gasteiger partial charge in [0.2, 0.25) is 5.91 Å². The third kappa shape index (κ3) is 5.79. The second-order valence-electron chi connectivity index (χ2n) is 7.24. The number of alkyl carbamates (subject to hydrolysis) is 1. The Balaban J connectivity index is 1.61. The van der Waals surface area contributed by atoms with Gasteiger partial charge < -0.3 is 20.5 Å². The van der Waals surface area contributed by atoms with Crippen molar-refractivity contribution in [2.24, 2.45) is 0 Å². The molecule has 164 valence electrons. The largest absolute Gasteiger partial charge is 0.481 e. The summed E-state index contributed by atoms with van der Waals surface area (Å²) in [5.74, 6) is -0.804. The number of hydrogen-bond donors (Lipinski definition) is 3. The zero-order chi connectivity index (χ0) is 22.2. The highest BCUT2D eigenvalue weighted by atomic mass is 32.2. The van der Waals surface area contributed by atoms with Gasteiger partial charge in [0.05, 0.1) is 6.42 Å². The Kier molecular flexibility index (Phi) is 7.94. The monoisotopic (exact) mass is 442 g/mol. The van der Waals surface area contributed by atoms with E-state index in [1.54, 1.807) is 11.8 Å². The summed E-state index contributed by atoms with van der Waals surface area (Å²) in [5.41, 5.74) is 4.51. The van der Waals surface area contributed by atoms with Gasteiger partial charge in [-0.3, -0.25) is 9.59 Å². The van der Waals surface area contributed by atoms with Gasteiger partial charge in [-0.1, -0.05) is 48.5 Å². The number of aliphatic carboxylic acids is 1. The van der Waals surface area contributed by atoms with Crippen molar-refractivity contribution in [3.05, 3.63) is 59.7 Å². The number of nitrogens with one attached hydrogen (secondary N) is 2. The lowest BCUT2D eigenvalue weighted by Crippen LogP contribution is -2.47. The molecule has 8 heteroatoms. The second-order valence-corrected chi connectivity index (χ2v) is 8.22. The summed E-state index contributed by atoms with van der Waals surface area (Å²) in [6.07, 6.45) is 1.49. The summed E-state index contributed by atoms with van der Waals surface area (Å²) >= 11 is 1.56. The first kappa shape index (κ1) is 22.7. The number of carboxylic acids is 1. The minimum absolute atomic E-state index is 0.0102.